The molecule has 2 aromatic heterocycles. The Bertz CT molecular complexity index is 752. The number of carbonyl (C=O) groups excluding carboxylic acids is 2. The SMILES string of the molecule is Cn1nc(NC(=O)N2CCC(O)CC2)cc1C(=O)Nc1cccnc1. The number of rotatable bonds is 3. The van der Waals surface area contributed by atoms with Crippen molar-refractivity contribution in [2.45, 2.75) is 18.9 Å². The van der Waals surface area contributed by atoms with Crippen molar-refractivity contribution in [1.82, 2.24) is 19.7 Å². The van der Waals surface area contributed by atoms with Crippen LogP contribution in [0, 0.1) is 0 Å². The number of urea groups is 1. The zero-order valence-corrected chi connectivity index (χ0v) is 13.8. The van der Waals surface area contributed by atoms with E-state index in [0.29, 0.717) is 43.1 Å². The number of anilines is 2. The summed E-state index contributed by atoms with van der Waals surface area (Å²) in [6.45, 7) is 0.988. The summed E-state index contributed by atoms with van der Waals surface area (Å²) in [5.41, 5.74) is 0.888. The minimum absolute atomic E-state index is 0.288. The van der Waals surface area contributed by atoms with Gasteiger partial charge in [0, 0.05) is 32.4 Å². The molecule has 1 fully saturated rings. The average Bonchev–Trinajstić information content (AvgIpc) is 2.96. The summed E-state index contributed by atoms with van der Waals surface area (Å²) < 4.78 is 1.40. The molecule has 0 spiro atoms. The van der Waals surface area contributed by atoms with Crippen molar-refractivity contribution >= 4 is 23.4 Å². The number of nitrogens with one attached hydrogen (secondary N) is 2. The number of aromatic nitrogens is 3. The Kier molecular flexibility index (Phi) is 4.94. The van der Waals surface area contributed by atoms with Crippen molar-refractivity contribution in [3.05, 3.63) is 36.3 Å². The Hall–Kier alpha value is -2.94. The van der Waals surface area contributed by atoms with E-state index in [0.717, 1.165) is 0 Å². The van der Waals surface area contributed by atoms with Crippen molar-refractivity contribution in [3.63, 3.8) is 0 Å². The van der Waals surface area contributed by atoms with Gasteiger partial charge >= 0.3 is 6.03 Å². The minimum atomic E-state index is -0.346. The third-order valence-electron chi connectivity index (χ3n) is 4.02. The molecule has 0 radical (unpaired) electrons. The number of pyridine rings is 1. The zero-order valence-electron chi connectivity index (χ0n) is 13.8. The first kappa shape index (κ1) is 16.9. The van der Waals surface area contributed by atoms with Gasteiger partial charge in [0.25, 0.3) is 5.91 Å². The molecule has 9 nitrogen and oxygen atoms in total. The van der Waals surface area contributed by atoms with Crippen LogP contribution in [-0.4, -0.2) is 55.9 Å². The summed E-state index contributed by atoms with van der Waals surface area (Å²) in [4.78, 5) is 30.1. The summed E-state index contributed by atoms with van der Waals surface area (Å²) in [5, 5.41) is 19.1. The van der Waals surface area contributed by atoms with Gasteiger partial charge in [-0.05, 0) is 25.0 Å². The van der Waals surface area contributed by atoms with Crippen LogP contribution >= 0.6 is 0 Å². The van der Waals surface area contributed by atoms with Gasteiger partial charge in [-0.25, -0.2) is 4.79 Å². The molecule has 0 aromatic carbocycles. The van der Waals surface area contributed by atoms with Crippen LogP contribution in [-0.2, 0) is 7.05 Å². The number of aryl methyl sites for hydroxylation is 1. The number of amides is 3. The Labute approximate surface area is 144 Å². The fourth-order valence-electron chi connectivity index (χ4n) is 2.63. The third kappa shape index (κ3) is 4.13. The van der Waals surface area contributed by atoms with Crippen molar-refractivity contribution in [1.29, 1.82) is 0 Å². The Morgan fingerprint density at radius 1 is 1.28 bits per heavy atom. The monoisotopic (exact) mass is 344 g/mol. The summed E-state index contributed by atoms with van der Waals surface area (Å²) in [6, 6.07) is 4.68. The van der Waals surface area contributed by atoms with Crippen LogP contribution in [0.3, 0.4) is 0 Å². The van der Waals surface area contributed by atoms with Gasteiger partial charge in [-0.2, -0.15) is 5.10 Å². The van der Waals surface area contributed by atoms with Crippen LogP contribution in [0.15, 0.2) is 30.6 Å². The molecule has 1 aliphatic rings. The molecule has 3 amide bonds. The van der Waals surface area contributed by atoms with E-state index in [2.05, 4.69) is 20.7 Å². The van der Waals surface area contributed by atoms with E-state index in [1.807, 2.05) is 0 Å². The molecule has 3 N–H and O–H groups in total. The smallest absolute Gasteiger partial charge is 0.323 e. The maximum atomic E-state index is 12.3. The van der Waals surface area contributed by atoms with Gasteiger partial charge in [0.1, 0.15) is 5.69 Å². The van der Waals surface area contributed by atoms with Gasteiger partial charge < -0.3 is 15.3 Å². The number of aliphatic hydroxyl groups is 1. The summed E-state index contributed by atoms with van der Waals surface area (Å²) in [7, 11) is 1.63. The Morgan fingerprint density at radius 2 is 2.04 bits per heavy atom. The molecule has 1 saturated heterocycles. The normalized spacial score (nSPS) is 15.0. The first-order chi connectivity index (χ1) is 12.0. The zero-order chi connectivity index (χ0) is 17.8. The van der Waals surface area contributed by atoms with E-state index in [9.17, 15) is 14.7 Å². The van der Waals surface area contributed by atoms with E-state index >= 15 is 0 Å². The summed E-state index contributed by atoms with van der Waals surface area (Å²) >= 11 is 0. The van der Waals surface area contributed by atoms with Gasteiger partial charge in [0.05, 0.1) is 18.0 Å². The van der Waals surface area contributed by atoms with E-state index in [4.69, 9.17) is 0 Å². The average molecular weight is 344 g/mol. The van der Waals surface area contributed by atoms with Crippen LogP contribution in [0.5, 0.6) is 0 Å². The maximum absolute atomic E-state index is 12.3. The number of likely N-dealkylation sites (tertiary alicyclic amines) is 1. The molecule has 0 unspecified atom stereocenters. The summed E-state index contributed by atoms with van der Waals surface area (Å²) in [5.74, 6) is -0.0421. The first-order valence-electron chi connectivity index (χ1n) is 8.02. The highest BCUT2D eigenvalue weighted by atomic mass is 16.3. The number of piperidine rings is 1. The molecule has 25 heavy (non-hydrogen) atoms. The fraction of sp³-hybridized carbons (Fsp3) is 0.375. The molecule has 0 atom stereocenters. The molecule has 0 bridgehead atoms. The van der Waals surface area contributed by atoms with Crippen LogP contribution < -0.4 is 10.6 Å². The molecule has 0 saturated carbocycles. The molecule has 132 valence electrons. The number of nitrogens with zero attached hydrogens (tertiary/aromatic N) is 4. The lowest BCUT2D eigenvalue weighted by atomic mass is 10.1. The Balaban J connectivity index is 1.63. The highest BCUT2D eigenvalue weighted by molar-refractivity contribution is 6.04. The Morgan fingerprint density at radius 3 is 2.72 bits per heavy atom. The first-order valence-corrected chi connectivity index (χ1v) is 8.02. The van der Waals surface area contributed by atoms with Gasteiger partial charge in [0.2, 0.25) is 0 Å². The highest BCUT2D eigenvalue weighted by Gasteiger charge is 2.22. The molecule has 3 rings (SSSR count). The van der Waals surface area contributed by atoms with Gasteiger partial charge in [-0.15, -0.1) is 0 Å². The molecular weight excluding hydrogens is 324 g/mol. The number of hydrogen-bond acceptors (Lipinski definition) is 5. The lowest BCUT2D eigenvalue weighted by molar-refractivity contribution is 0.0970. The van der Waals surface area contributed by atoms with E-state index in [-0.39, 0.29) is 18.0 Å². The molecule has 2 aromatic rings. The van der Waals surface area contributed by atoms with Crippen LogP contribution in [0.1, 0.15) is 23.3 Å². The molecule has 9 heteroatoms. The predicted octanol–water partition coefficient (Wildman–Crippen LogP) is 1.06. The minimum Gasteiger partial charge on any atom is -0.393 e. The van der Waals surface area contributed by atoms with Crippen LogP contribution in [0.2, 0.25) is 0 Å². The predicted molar refractivity (Wildman–Crippen MR) is 91.2 cm³/mol. The lowest BCUT2D eigenvalue weighted by Crippen LogP contribution is -2.42. The van der Waals surface area contributed by atoms with Crippen molar-refractivity contribution in [2.24, 2.45) is 7.05 Å². The number of hydrogen-bond donors (Lipinski definition) is 3. The van der Waals surface area contributed by atoms with Crippen molar-refractivity contribution < 1.29 is 14.7 Å². The van der Waals surface area contributed by atoms with E-state index in [1.54, 1.807) is 36.5 Å². The van der Waals surface area contributed by atoms with Gasteiger partial charge in [0.15, 0.2) is 5.82 Å². The van der Waals surface area contributed by atoms with Crippen molar-refractivity contribution in [2.75, 3.05) is 23.7 Å². The number of carbonyl (C=O) groups is 2. The lowest BCUT2D eigenvalue weighted by Gasteiger charge is -2.29. The molecule has 0 aliphatic carbocycles. The quantitative estimate of drug-likeness (QED) is 0.770. The molecular formula is C16H20N6O3. The van der Waals surface area contributed by atoms with Crippen LogP contribution in [0.4, 0.5) is 16.3 Å². The van der Waals surface area contributed by atoms with Gasteiger partial charge in [-0.3, -0.25) is 19.8 Å². The highest BCUT2D eigenvalue weighted by Crippen LogP contribution is 2.14. The van der Waals surface area contributed by atoms with E-state index in [1.165, 1.54) is 10.7 Å². The molecule has 3 heterocycles. The molecule has 1 aliphatic heterocycles. The van der Waals surface area contributed by atoms with Crippen molar-refractivity contribution in [3.8, 4) is 0 Å². The van der Waals surface area contributed by atoms with Gasteiger partial charge in [-0.1, -0.05) is 0 Å². The largest absolute Gasteiger partial charge is 0.393 e. The second kappa shape index (κ2) is 7.31. The second-order valence-electron chi connectivity index (χ2n) is 5.88. The summed E-state index contributed by atoms with van der Waals surface area (Å²) in [6.07, 6.45) is 3.94. The topological polar surface area (TPSA) is 112 Å². The number of aliphatic hydroxyl groups excluding tert-OH is 1. The van der Waals surface area contributed by atoms with Crippen LogP contribution in [0.25, 0.3) is 0 Å². The standard InChI is InChI=1S/C16H20N6O3/c1-21-13(15(24)18-11-3-2-6-17-10-11)9-14(20-21)19-16(25)22-7-4-12(23)5-8-22/h2-3,6,9-10,12,23H,4-5,7-8H2,1H3,(H,18,24)(H,19,20,25). The maximum Gasteiger partial charge on any atom is 0.323 e. The fourth-order valence-corrected chi connectivity index (χ4v) is 2.63. The third-order valence-corrected chi connectivity index (χ3v) is 4.02. The second-order valence-corrected chi connectivity index (χ2v) is 5.88. The van der Waals surface area contributed by atoms with E-state index < -0.39 is 0 Å².